The van der Waals surface area contributed by atoms with Gasteiger partial charge in [-0.15, -0.1) is 0 Å². The van der Waals surface area contributed by atoms with Crippen LogP contribution in [0.2, 0.25) is 0 Å². The molecule has 0 saturated carbocycles. The number of benzene rings is 2. The van der Waals surface area contributed by atoms with E-state index in [1.165, 1.54) is 9.13 Å². The Morgan fingerprint density at radius 2 is 1.46 bits per heavy atom. The lowest BCUT2D eigenvalue weighted by Crippen LogP contribution is -2.44. The first-order valence-electron chi connectivity index (χ1n) is 9.50. The van der Waals surface area contributed by atoms with Crippen molar-refractivity contribution in [2.24, 2.45) is 5.92 Å². The van der Waals surface area contributed by atoms with Crippen molar-refractivity contribution in [2.75, 3.05) is 6.54 Å². The van der Waals surface area contributed by atoms with E-state index in [0.717, 1.165) is 12.0 Å². The Kier molecular flexibility index (Phi) is 6.09. The summed E-state index contributed by atoms with van der Waals surface area (Å²) in [5.74, 6) is 0.207. The molecule has 1 aromatic heterocycles. The van der Waals surface area contributed by atoms with Gasteiger partial charge < -0.3 is 5.32 Å². The maximum atomic E-state index is 12.8. The molecule has 0 aliphatic carbocycles. The quantitative estimate of drug-likeness (QED) is 0.641. The van der Waals surface area contributed by atoms with Crippen LogP contribution in [0.5, 0.6) is 0 Å². The van der Waals surface area contributed by atoms with Crippen LogP contribution in [0, 0.1) is 5.92 Å². The monoisotopic (exact) mass is 379 g/mol. The van der Waals surface area contributed by atoms with Gasteiger partial charge in [0.15, 0.2) is 0 Å². The molecule has 0 fully saturated rings. The molecule has 0 aliphatic rings. The van der Waals surface area contributed by atoms with Gasteiger partial charge in [-0.25, -0.2) is 0 Å². The van der Waals surface area contributed by atoms with Crippen molar-refractivity contribution < 1.29 is 4.79 Å². The van der Waals surface area contributed by atoms with Crippen LogP contribution in [0.3, 0.4) is 0 Å². The Morgan fingerprint density at radius 1 is 0.893 bits per heavy atom. The summed E-state index contributed by atoms with van der Waals surface area (Å²) in [4.78, 5) is 37.8. The van der Waals surface area contributed by atoms with Gasteiger partial charge in [0.1, 0.15) is 6.54 Å². The predicted molar refractivity (Wildman–Crippen MR) is 110 cm³/mol. The molecule has 1 amide bonds. The van der Waals surface area contributed by atoms with Crippen molar-refractivity contribution in [1.29, 1.82) is 0 Å². The fourth-order valence-electron chi connectivity index (χ4n) is 3.15. The lowest BCUT2D eigenvalue weighted by atomic mass is 10.1. The van der Waals surface area contributed by atoms with Gasteiger partial charge in [0.25, 0.3) is 0 Å². The number of hydrogen-bond donors (Lipinski definition) is 1. The third kappa shape index (κ3) is 4.39. The first kappa shape index (κ1) is 19.6. The minimum absolute atomic E-state index is 0.168. The van der Waals surface area contributed by atoms with E-state index in [2.05, 4.69) is 19.2 Å². The summed E-state index contributed by atoms with van der Waals surface area (Å²) in [6.45, 7) is 4.84. The first-order valence-corrected chi connectivity index (χ1v) is 9.50. The fourth-order valence-corrected chi connectivity index (χ4v) is 3.15. The summed E-state index contributed by atoms with van der Waals surface area (Å²) in [7, 11) is 0. The number of nitrogens with zero attached hydrogens (tertiary/aromatic N) is 2. The number of rotatable bonds is 7. The minimum Gasteiger partial charge on any atom is -0.355 e. The van der Waals surface area contributed by atoms with Crippen molar-refractivity contribution >= 4 is 16.9 Å². The van der Waals surface area contributed by atoms with Gasteiger partial charge in [-0.2, -0.15) is 0 Å². The van der Waals surface area contributed by atoms with Gasteiger partial charge in [0, 0.05) is 6.54 Å². The van der Waals surface area contributed by atoms with Gasteiger partial charge >= 0.3 is 11.1 Å². The van der Waals surface area contributed by atoms with Crippen molar-refractivity contribution in [3.63, 3.8) is 0 Å². The van der Waals surface area contributed by atoms with Crippen LogP contribution in [0.1, 0.15) is 25.8 Å². The van der Waals surface area contributed by atoms with E-state index in [9.17, 15) is 14.4 Å². The molecule has 1 heterocycles. The zero-order chi connectivity index (χ0) is 20.1. The smallest absolute Gasteiger partial charge is 0.317 e. The number of nitrogens with one attached hydrogen (secondary N) is 1. The normalized spacial score (nSPS) is 11.1. The maximum Gasteiger partial charge on any atom is 0.317 e. The maximum absolute atomic E-state index is 12.8. The second kappa shape index (κ2) is 8.69. The number of amides is 1. The Hall–Kier alpha value is -3.15. The molecule has 0 aliphatic heterocycles. The summed E-state index contributed by atoms with van der Waals surface area (Å²) < 4.78 is 2.74. The van der Waals surface area contributed by atoms with Crippen molar-refractivity contribution in [2.45, 2.75) is 33.4 Å². The largest absolute Gasteiger partial charge is 0.355 e. The van der Waals surface area contributed by atoms with Gasteiger partial charge in [-0.05, 0) is 30.0 Å². The highest BCUT2D eigenvalue weighted by atomic mass is 16.2. The van der Waals surface area contributed by atoms with Crippen LogP contribution in [0.25, 0.3) is 11.0 Å². The molecule has 3 aromatic rings. The van der Waals surface area contributed by atoms with Gasteiger partial charge in [0.2, 0.25) is 5.91 Å². The fraction of sp³-hybridized carbons (Fsp3) is 0.318. The standard InChI is InChI=1S/C22H25N3O3/c1-16(2)12-13-23-20(26)15-25-19-11-7-6-10-18(19)24(21(27)22(25)28)14-17-8-4-3-5-9-17/h3-11,16H,12-15H2,1-2H3,(H,23,26). The van der Waals surface area contributed by atoms with Crippen LogP contribution in [0.4, 0.5) is 0 Å². The van der Waals surface area contributed by atoms with E-state index in [1.54, 1.807) is 18.2 Å². The SMILES string of the molecule is CC(C)CCNC(=O)Cn1c(=O)c(=O)n(Cc2ccccc2)c2ccccc21. The van der Waals surface area contributed by atoms with Crippen LogP contribution >= 0.6 is 0 Å². The summed E-state index contributed by atoms with van der Waals surface area (Å²) in [6.07, 6.45) is 0.861. The Bertz CT molecular complexity index is 1080. The summed E-state index contributed by atoms with van der Waals surface area (Å²) in [5.41, 5.74) is 0.817. The van der Waals surface area contributed by atoms with Gasteiger partial charge in [-0.1, -0.05) is 56.3 Å². The summed E-state index contributed by atoms with van der Waals surface area (Å²) >= 11 is 0. The highest BCUT2D eigenvalue weighted by Gasteiger charge is 2.15. The Morgan fingerprint density at radius 3 is 2.11 bits per heavy atom. The third-order valence-corrected chi connectivity index (χ3v) is 4.67. The number of para-hydroxylation sites is 2. The van der Waals surface area contributed by atoms with E-state index in [-0.39, 0.29) is 12.5 Å². The van der Waals surface area contributed by atoms with Gasteiger partial charge in [-0.3, -0.25) is 23.5 Å². The number of carbonyl (C=O) groups excluding carboxylic acids is 1. The third-order valence-electron chi connectivity index (χ3n) is 4.67. The molecular formula is C22H25N3O3. The lowest BCUT2D eigenvalue weighted by Gasteiger charge is -2.15. The van der Waals surface area contributed by atoms with E-state index in [0.29, 0.717) is 30.0 Å². The predicted octanol–water partition coefficient (Wildman–Crippen LogP) is 2.37. The highest BCUT2D eigenvalue weighted by Crippen LogP contribution is 2.12. The zero-order valence-corrected chi connectivity index (χ0v) is 16.2. The number of aromatic nitrogens is 2. The molecule has 0 saturated heterocycles. The molecule has 0 spiro atoms. The summed E-state index contributed by atoms with van der Waals surface area (Å²) in [5, 5.41) is 2.82. The highest BCUT2D eigenvalue weighted by molar-refractivity contribution is 5.80. The summed E-state index contributed by atoms with van der Waals surface area (Å²) in [6, 6.07) is 16.7. The lowest BCUT2D eigenvalue weighted by molar-refractivity contribution is -0.121. The molecule has 0 bridgehead atoms. The van der Waals surface area contributed by atoms with Gasteiger partial charge in [0.05, 0.1) is 17.6 Å². The molecule has 6 heteroatoms. The van der Waals surface area contributed by atoms with Crippen molar-refractivity contribution in [1.82, 2.24) is 14.5 Å². The number of hydrogen-bond acceptors (Lipinski definition) is 3. The molecule has 2 aromatic carbocycles. The Labute approximate surface area is 163 Å². The van der Waals surface area contributed by atoms with E-state index < -0.39 is 11.1 Å². The average Bonchev–Trinajstić information content (AvgIpc) is 2.69. The average molecular weight is 379 g/mol. The molecule has 6 nitrogen and oxygen atoms in total. The first-order chi connectivity index (χ1) is 13.5. The topological polar surface area (TPSA) is 73.1 Å². The molecule has 28 heavy (non-hydrogen) atoms. The van der Waals surface area contributed by atoms with Crippen LogP contribution in [0.15, 0.2) is 64.2 Å². The molecular weight excluding hydrogens is 354 g/mol. The second-order valence-corrected chi connectivity index (χ2v) is 7.29. The molecule has 0 unspecified atom stereocenters. The van der Waals surface area contributed by atoms with E-state index >= 15 is 0 Å². The van der Waals surface area contributed by atoms with E-state index in [1.807, 2.05) is 36.4 Å². The Balaban J connectivity index is 1.98. The zero-order valence-electron chi connectivity index (χ0n) is 16.2. The molecule has 0 radical (unpaired) electrons. The number of carbonyl (C=O) groups is 1. The molecule has 0 atom stereocenters. The van der Waals surface area contributed by atoms with Crippen LogP contribution in [-0.4, -0.2) is 21.6 Å². The molecule has 3 rings (SSSR count). The van der Waals surface area contributed by atoms with Crippen molar-refractivity contribution in [3.8, 4) is 0 Å². The van der Waals surface area contributed by atoms with Crippen LogP contribution in [-0.2, 0) is 17.9 Å². The molecule has 146 valence electrons. The van der Waals surface area contributed by atoms with Crippen LogP contribution < -0.4 is 16.4 Å². The molecule has 1 N–H and O–H groups in total. The number of fused-ring (bicyclic) bond motifs is 1. The second-order valence-electron chi connectivity index (χ2n) is 7.29. The van der Waals surface area contributed by atoms with E-state index in [4.69, 9.17) is 0 Å². The minimum atomic E-state index is -0.686. The van der Waals surface area contributed by atoms with Crippen molar-refractivity contribution in [3.05, 3.63) is 80.9 Å².